The summed E-state index contributed by atoms with van der Waals surface area (Å²) in [4.78, 5) is 34.7. The summed E-state index contributed by atoms with van der Waals surface area (Å²) in [6.45, 7) is 2.14. The largest absolute Gasteiger partial charge is 0.465 e. The number of hydrogen-bond donors (Lipinski definition) is 3. The molecule has 2 amide bonds. The smallest absolute Gasteiger partial charge is 0.405 e. The van der Waals surface area contributed by atoms with E-state index >= 15 is 0 Å². The Kier molecular flexibility index (Phi) is 7.18. The number of Topliss-reactive ketones (excluding diaryl/α,β-unsaturated/α-hetero) is 1. The average Bonchev–Trinajstić information content (AvgIpc) is 2.51. The third-order valence-corrected chi connectivity index (χ3v) is 3.35. The van der Waals surface area contributed by atoms with Gasteiger partial charge in [0.15, 0.2) is 5.78 Å². The molecule has 3 N–H and O–H groups in total. The Morgan fingerprint density at radius 2 is 1.74 bits per heavy atom. The van der Waals surface area contributed by atoms with Crippen molar-refractivity contribution in [1.82, 2.24) is 10.6 Å². The van der Waals surface area contributed by atoms with E-state index in [1.165, 1.54) is 0 Å². The van der Waals surface area contributed by atoms with Gasteiger partial charge in [-0.3, -0.25) is 9.59 Å². The fourth-order valence-corrected chi connectivity index (χ4v) is 2.12. The first-order valence-corrected chi connectivity index (χ1v) is 7.27. The van der Waals surface area contributed by atoms with Crippen molar-refractivity contribution in [3.8, 4) is 0 Å². The van der Waals surface area contributed by atoms with Crippen LogP contribution in [0.2, 0.25) is 0 Å². The standard InChI is InChI=1S/C16H21FN2O4/c1-10(2)14(19-16(22)23)15(21)18-12(13(20)9-17)8-11-6-4-3-5-7-11/h3-7,10,12,14,19H,8-9H2,1-2H3,(H,18,21)(H,22,23)/t12?,14-/m0/s1. The summed E-state index contributed by atoms with van der Waals surface area (Å²) in [5, 5.41) is 13.3. The molecule has 0 saturated heterocycles. The Balaban J connectivity index is 2.85. The molecule has 0 aliphatic carbocycles. The lowest BCUT2D eigenvalue weighted by molar-refractivity contribution is -0.129. The Morgan fingerprint density at radius 3 is 2.22 bits per heavy atom. The van der Waals surface area contributed by atoms with Crippen LogP contribution in [0.4, 0.5) is 9.18 Å². The van der Waals surface area contributed by atoms with Crippen molar-refractivity contribution >= 4 is 17.8 Å². The maximum Gasteiger partial charge on any atom is 0.405 e. The second-order valence-electron chi connectivity index (χ2n) is 5.52. The van der Waals surface area contributed by atoms with Crippen molar-refractivity contribution in [3.63, 3.8) is 0 Å². The number of benzene rings is 1. The zero-order valence-corrected chi connectivity index (χ0v) is 13.1. The van der Waals surface area contributed by atoms with Crippen molar-refractivity contribution in [2.45, 2.75) is 32.4 Å². The molecule has 6 nitrogen and oxygen atoms in total. The topological polar surface area (TPSA) is 95.5 Å². The number of hydrogen-bond acceptors (Lipinski definition) is 3. The predicted molar refractivity (Wildman–Crippen MR) is 82.8 cm³/mol. The number of carboxylic acid groups (broad SMARTS) is 1. The van der Waals surface area contributed by atoms with Gasteiger partial charge < -0.3 is 15.7 Å². The van der Waals surface area contributed by atoms with Crippen LogP contribution < -0.4 is 10.6 Å². The Morgan fingerprint density at radius 1 is 1.13 bits per heavy atom. The van der Waals surface area contributed by atoms with E-state index in [-0.39, 0.29) is 12.3 Å². The molecule has 1 aromatic rings. The number of ketones is 1. The highest BCUT2D eigenvalue weighted by atomic mass is 19.1. The number of rotatable bonds is 8. The lowest BCUT2D eigenvalue weighted by atomic mass is 10.00. The van der Waals surface area contributed by atoms with E-state index < -0.39 is 36.5 Å². The number of alkyl halides is 1. The second kappa shape index (κ2) is 8.87. The molecule has 126 valence electrons. The van der Waals surface area contributed by atoms with Gasteiger partial charge >= 0.3 is 6.09 Å². The van der Waals surface area contributed by atoms with E-state index in [0.29, 0.717) is 0 Å². The SMILES string of the molecule is CC(C)[C@H](NC(=O)O)C(=O)NC(Cc1ccccc1)C(=O)CF. The third-order valence-electron chi connectivity index (χ3n) is 3.35. The van der Waals surface area contributed by atoms with Gasteiger partial charge in [-0.15, -0.1) is 0 Å². The highest BCUT2D eigenvalue weighted by Gasteiger charge is 2.28. The van der Waals surface area contributed by atoms with E-state index in [9.17, 15) is 18.8 Å². The van der Waals surface area contributed by atoms with Gasteiger partial charge in [0.25, 0.3) is 0 Å². The maximum absolute atomic E-state index is 12.7. The molecule has 0 heterocycles. The quantitative estimate of drug-likeness (QED) is 0.676. The van der Waals surface area contributed by atoms with Crippen LogP contribution in [0.5, 0.6) is 0 Å². The molecular formula is C16H21FN2O4. The molecule has 1 rings (SSSR count). The van der Waals surface area contributed by atoms with Crippen LogP contribution in [0.15, 0.2) is 30.3 Å². The Labute approximate surface area is 134 Å². The number of carbonyl (C=O) groups excluding carboxylic acids is 2. The average molecular weight is 324 g/mol. The molecule has 0 bridgehead atoms. The third kappa shape index (κ3) is 6.06. The monoisotopic (exact) mass is 324 g/mol. The van der Waals surface area contributed by atoms with Crippen LogP contribution >= 0.6 is 0 Å². The molecule has 7 heteroatoms. The molecule has 23 heavy (non-hydrogen) atoms. The minimum Gasteiger partial charge on any atom is -0.465 e. The summed E-state index contributed by atoms with van der Waals surface area (Å²) >= 11 is 0. The second-order valence-corrected chi connectivity index (χ2v) is 5.52. The van der Waals surface area contributed by atoms with Crippen LogP contribution in [0.3, 0.4) is 0 Å². The summed E-state index contributed by atoms with van der Waals surface area (Å²) in [7, 11) is 0. The molecule has 0 aromatic heterocycles. The minimum atomic E-state index is -1.34. The number of carbonyl (C=O) groups is 3. The predicted octanol–water partition coefficient (Wildman–Crippen LogP) is 1.54. The van der Waals surface area contributed by atoms with Crippen LogP contribution in [0.25, 0.3) is 0 Å². The first-order valence-electron chi connectivity index (χ1n) is 7.27. The summed E-state index contributed by atoms with van der Waals surface area (Å²) in [5.41, 5.74) is 0.770. The van der Waals surface area contributed by atoms with E-state index in [2.05, 4.69) is 10.6 Å². The Bertz CT molecular complexity index is 548. The molecular weight excluding hydrogens is 303 g/mol. The maximum atomic E-state index is 12.7. The molecule has 1 unspecified atom stereocenters. The first-order chi connectivity index (χ1) is 10.8. The Hall–Kier alpha value is -2.44. The van der Waals surface area contributed by atoms with Crippen LogP contribution in [-0.2, 0) is 16.0 Å². The van der Waals surface area contributed by atoms with Crippen molar-refractivity contribution in [2.24, 2.45) is 5.92 Å². The van der Waals surface area contributed by atoms with Gasteiger partial charge in [-0.1, -0.05) is 44.2 Å². The lowest BCUT2D eigenvalue weighted by Crippen LogP contribution is -2.54. The van der Waals surface area contributed by atoms with Crippen molar-refractivity contribution in [3.05, 3.63) is 35.9 Å². The zero-order valence-electron chi connectivity index (χ0n) is 13.1. The van der Waals surface area contributed by atoms with Crippen molar-refractivity contribution in [2.75, 3.05) is 6.67 Å². The van der Waals surface area contributed by atoms with Gasteiger partial charge in [0.2, 0.25) is 5.91 Å². The molecule has 1 aromatic carbocycles. The summed E-state index contributed by atoms with van der Waals surface area (Å²) in [6, 6.07) is 6.83. The molecule has 0 saturated carbocycles. The lowest BCUT2D eigenvalue weighted by Gasteiger charge is -2.23. The minimum absolute atomic E-state index is 0.146. The van der Waals surface area contributed by atoms with E-state index in [1.807, 2.05) is 0 Å². The molecule has 0 aliphatic rings. The number of halogens is 1. The van der Waals surface area contributed by atoms with E-state index in [1.54, 1.807) is 44.2 Å². The number of nitrogens with one attached hydrogen (secondary N) is 2. The number of amides is 2. The highest BCUT2D eigenvalue weighted by molar-refractivity contribution is 5.92. The molecule has 0 aliphatic heterocycles. The first kappa shape index (κ1) is 18.6. The van der Waals surface area contributed by atoms with Crippen LogP contribution in [-0.4, -0.2) is 41.6 Å². The zero-order chi connectivity index (χ0) is 17.4. The highest BCUT2D eigenvalue weighted by Crippen LogP contribution is 2.07. The summed E-state index contributed by atoms with van der Waals surface area (Å²) < 4.78 is 12.7. The van der Waals surface area contributed by atoms with Gasteiger partial charge in [0.05, 0.1) is 6.04 Å². The van der Waals surface area contributed by atoms with Gasteiger partial charge in [-0.05, 0) is 17.9 Å². The van der Waals surface area contributed by atoms with Crippen LogP contribution in [0.1, 0.15) is 19.4 Å². The van der Waals surface area contributed by atoms with E-state index in [4.69, 9.17) is 5.11 Å². The van der Waals surface area contributed by atoms with Gasteiger partial charge in [0, 0.05) is 0 Å². The van der Waals surface area contributed by atoms with Gasteiger partial charge in [-0.2, -0.15) is 0 Å². The summed E-state index contributed by atoms with van der Waals surface area (Å²) in [5.74, 6) is -1.71. The molecule has 0 fully saturated rings. The molecule has 2 atom stereocenters. The van der Waals surface area contributed by atoms with Gasteiger partial charge in [-0.25, -0.2) is 9.18 Å². The fourth-order valence-electron chi connectivity index (χ4n) is 2.12. The van der Waals surface area contributed by atoms with Crippen molar-refractivity contribution in [1.29, 1.82) is 0 Å². The molecule has 0 radical (unpaired) electrons. The summed E-state index contributed by atoms with van der Waals surface area (Å²) in [6.07, 6.45) is -1.19. The normalized spacial score (nSPS) is 13.2. The van der Waals surface area contributed by atoms with E-state index in [0.717, 1.165) is 5.56 Å². The van der Waals surface area contributed by atoms with Crippen LogP contribution in [0, 0.1) is 5.92 Å². The van der Waals surface area contributed by atoms with Gasteiger partial charge in [0.1, 0.15) is 12.7 Å². The fraction of sp³-hybridized carbons (Fsp3) is 0.438. The molecule has 0 spiro atoms. The van der Waals surface area contributed by atoms with Crippen molar-refractivity contribution < 1.29 is 23.9 Å².